The Balaban J connectivity index is 3.97. The molecule has 0 aliphatic carbocycles. The molecule has 13 heavy (non-hydrogen) atoms. The van der Waals surface area contributed by atoms with Crippen LogP contribution >= 0.6 is 0 Å². The first kappa shape index (κ1) is 12.5. The highest BCUT2D eigenvalue weighted by atomic mass is 19.4. The SMILES string of the molecule is C=C(CC)CC(CC(F)(F)F)NC. The summed E-state index contributed by atoms with van der Waals surface area (Å²) in [4.78, 5) is 0. The molecule has 0 heterocycles. The van der Waals surface area contributed by atoms with Gasteiger partial charge in [-0.1, -0.05) is 19.1 Å². The molecule has 1 unspecified atom stereocenters. The standard InChI is InChI=1S/C9H16F3N/c1-4-7(2)5-8(13-3)6-9(10,11)12/h8,13H,2,4-6H2,1,3H3. The zero-order valence-corrected chi connectivity index (χ0v) is 8.04. The molecule has 0 saturated heterocycles. The molecular weight excluding hydrogens is 179 g/mol. The normalized spacial score (nSPS) is 14.2. The lowest BCUT2D eigenvalue weighted by atomic mass is 10.0. The Bertz CT molecular complexity index is 163. The number of hydrogen-bond acceptors (Lipinski definition) is 1. The summed E-state index contributed by atoms with van der Waals surface area (Å²) in [5.41, 5.74) is 0.851. The Morgan fingerprint density at radius 3 is 2.31 bits per heavy atom. The smallest absolute Gasteiger partial charge is 0.316 e. The van der Waals surface area contributed by atoms with Gasteiger partial charge in [0.25, 0.3) is 0 Å². The maximum absolute atomic E-state index is 12.0. The van der Waals surface area contributed by atoms with Gasteiger partial charge in [-0.15, -0.1) is 0 Å². The van der Waals surface area contributed by atoms with Crippen molar-refractivity contribution in [3.05, 3.63) is 12.2 Å². The van der Waals surface area contributed by atoms with Crippen molar-refractivity contribution in [3.8, 4) is 0 Å². The second kappa shape index (κ2) is 5.27. The summed E-state index contributed by atoms with van der Waals surface area (Å²) < 4.78 is 35.9. The maximum Gasteiger partial charge on any atom is 0.390 e. The molecule has 0 aliphatic rings. The molecule has 0 aliphatic heterocycles. The Morgan fingerprint density at radius 2 is 2.00 bits per heavy atom. The van der Waals surface area contributed by atoms with E-state index in [1.807, 2.05) is 6.92 Å². The zero-order chi connectivity index (χ0) is 10.5. The van der Waals surface area contributed by atoms with E-state index < -0.39 is 18.6 Å². The number of hydrogen-bond donors (Lipinski definition) is 1. The largest absolute Gasteiger partial charge is 0.390 e. The van der Waals surface area contributed by atoms with E-state index in [4.69, 9.17) is 0 Å². The predicted molar refractivity (Wildman–Crippen MR) is 47.6 cm³/mol. The third-order valence-electron chi connectivity index (χ3n) is 1.92. The highest BCUT2D eigenvalue weighted by molar-refractivity contribution is 4.96. The lowest BCUT2D eigenvalue weighted by Crippen LogP contribution is -2.31. The van der Waals surface area contributed by atoms with Gasteiger partial charge in [-0.2, -0.15) is 13.2 Å². The van der Waals surface area contributed by atoms with Gasteiger partial charge < -0.3 is 5.32 Å². The first-order valence-electron chi connectivity index (χ1n) is 4.29. The van der Waals surface area contributed by atoms with Gasteiger partial charge in [-0.25, -0.2) is 0 Å². The van der Waals surface area contributed by atoms with E-state index >= 15 is 0 Å². The summed E-state index contributed by atoms with van der Waals surface area (Å²) >= 11 is 0. The molecule has 0 fully saturated rings. The minimum atomic E-state index is -4.10. The number of nitrogens with one attached hydrogen (secondary N) is 1. The molecule has 1 nitrogen and oxygen atoms in total. The molecule has 4 heteroatoms. The summed E-state index contributed by atoms with van der Waals surface area (Å²) in [5.74, 6) is 0. The van der Waals surface area contributed by atoms with E-state index in [-0.39, 0.29) is 0 Å². The summed E-state index contributed by atoms with van der Waals surface area (Å²) in [5, 5.41) is 2.64. The molecule has 0 aromatic rings. The van der Waals surface area contributed by atoms with Crippen LogP contribution in [0, 0.1) is 0 Å². The molecular formula is C9H16F3N. The van der Waals surface area contributed by atoms with Crippen molar-refractivity contribution in [2.45, 2.75) is 38.4 Å². The lowest BCUT2D eigenvalue weighted by Gasteiger charge is -2.18. The van der Waals surface area contributed by atoms with Crippen molar-refractivity contribution in [1.82, 2.24) is 5.32 Å². The Kier molecular flexibility index (Phi) is 5.06. The average Bonchev–Trinajstić information content (AvgIpc) is 2.00. The van der Waals surface area contributed by atoms with Crippen LogP contribution in [0.15, 0.2) is 12.2 Å². The van der Waals surface area contributed by atoms with Gasteiger partial charge in [0, 0.05) is 6.04 Å². The van der Waals surface area contributed by atoms with Crippen molar-refractivity contribution >= 4 is 0 Å². The Labute approximate surface area is 77.0 Å². The molecule has 0 spiro atoms. The van der Waals surface area contributed by atoms with Gasteiger partial charge in [-0.05, 0) is 19.9 Å². The Morgan fingerprint density at radius 1 is 1.46 bits per heavy atom. The number of rotatable bonds is 5. The fourth-order valence-electron chi connectivity index (χ4n) is 1.05. The van der Waals surface area contributed by atoms with Crippen LogP contribution in [0.2, 0.25) is 0 Å². The monoisotopic (exact) mass is 195 g/mol. The zero-order valence-electron chi connectivity index (χ0n) is 8.04. The summed E-state index contributed by atoms with van der Waals surface area (Å²) in [6.45, 7) is 5.58. The molecule has 0 saturated carbocycles. The minimum Gasteiger partial charge on any atom is -0.316 e. The fraction of sp³-hybridized carbons (Fsp3) is 0.778. The van der Waals surface area contributed by atoms with Crippen LogP contribution in [0.4, 0.5) is 13.2 Å². The average molecular weight is 195 g/mol. The molecule has 0 aromatic carbocycles. The van der Waals surface area contributed by atoms with Crippen LogP contribution in [0.25, 0.3) is 0 Å². The first-order chi connectivity index (χ1) is 5.89. The Hall–Kier alpha value is -0.510. The topological polar surface area (TPSA) is 12.0 Å². The van der Waals surface area contributed by atoms with E-state index in [0.29, 0.717) is 6.42 Å². The van der Waals surface area contributed by atoms with Crippen LogP contribution < -0.4 is 5.32 Å². The van der Waals surface area contributed by atoms with Crippen molar-refractivity contribution in [2.24, 2.45) is 0 Å². The highest BCUT2D eigenvalue weighted by Gasteiger charge is 2.31. The predicted octanol–water partition coefficient (Wildman–Crippen LogP) is 2.88. The fourth-order valence-corrected chi connectivity index (χ4v) is 1.05. The summed E-state index contributed by atoms with van der Waals surface area (Å²) in [6.07, 6.45) is -3.76. The van der Waals surface area contributed by atoms with Crippen LogP contribution in [-0.4, -0.2) is 19.3 Å². The molecule has 0 bridgehead atoms. The van der Waals surface area contributed by atoms with Crippen molar-refractivity contribution < 1.29 is 13.2 Å². The highest BCUT2D eigenvalue weighted by Crippen LogP contribution is 2.24. The van der Waals surface area contributed by atoms with Crippen LogP contribution in [0.5, 0.6) is 0 Å². The van der Waals surface area contributed by atoms with Crippen molar-refractivity contribution in [3.63, 3.8) is 0 Å². The lowest BCUT2D eigenvalue weighted by molar-refractivity contribution is -0.139. The second-order valence-electron chi connectivity index (χ2n) is 3.11. The summed E-state index contributed by atoms with van der Waals surface area (Å²) in [7, 11) is 1.54. The van der Waals surface area contributed by atoms with E-state index in [0.717, 1.165) is 12.0 Å². The van der Waals surface area contributed by atoms with Crippen molar-refractivity contribution in [1.29, 1.82) is 0 Å². The van der Waals surface area contributed by atoms with Gasteiger partial charge in [0.2, 0.25) is 0 Å². The quantitative estimate of drug-likeness (QED) is 0.665. The second-order valence-corrected chi connectivity index (χ2v) is 3.11. The van der Waals surface area contributed by atoms with Crippen LogP contribution in [0.3, 0.4) is 0 Å². The van der Waals surface area contributed by atoms with Crippen LogP contribution in [0.1, 0.15) is 26.2 Å². The maximum atomic E-state index is 12.0. The third-order valence-corrected chi connectivity index (χ3v) is 1.92. The van der Waals surface area contributed by atoms with E-state index in [1.165, 1.54) is 0 Å². The van der Waals surface area contributed by atoms with Gasteiger partial charge in [0.1, 0.15) is 0 Å². The van der Waals surface area contributed by atoms with E-state index in [1.54, 1.807) is 7.05 Å². The molecule has 0 rings (SSSR count). The molecule has 1 N–H and O–H groups in total. The van der Waals surface area contributed by atoms with Gasteiger partial charge in [0.05, 0.1) is 6.42 Å². The van der Waals surface area contributed by atoms with Gasteiger partial charge in [0.15, 0.2) is 0 Å². The van der Waals surface area contributed by atoms with E-state index in [2.05, 4.69) is 11.9 Å². The van der Waals surface area contributed by atoms with Gasteiger partial charge >= 0.3 is 6.18 Å². The van der Waals surface area contributed by atoms with Crippen LogP contribution in [-0.2, 0) is 0 Å². The van der Waals surface area contributed by atoms with Crippen molar-refractivity contribution in [2.75, 3.05) is 7.05 Å². The number of alkyl halides is 3. The first-order valence-corrected chi connectivity index (χ1v) is 4.29. The minimum absolute atomic E-state index is 0.395. The molecule has 1 atom stereocenters. The molecule has 0 radical (unpaired) electrons. The van der Waals surface area contributed by atoms with E-state index in [9.17, 15) is 13.2 Å². The summed E-state index contributed by atoms with van der Waals surface area (Å²) in [6, 6.07) is -0.535. The molecule has 0 amide bonds. The molecule has 0 aromatic heterocycles. The van der Waals surface area contributed by atoms with Gasteiger partial charge in [-0.3, -0.25) is 0 Å². The molecule has 78 valence electrons. The third kappa shape index (κ3) is 6.63. The number of halogens is 3.